The van der Waals surface area contributed by atoms with Crippen molar-refractivity contribution in [3.63, 3.8) is 0 Å². The van der Waals surface area contributed by atoms with Crippen molar-refractivity contribution in [2.75, 3.05) is 5.32 Å². The van der Waals surface area contributed by atoms with Crippen molar-refractivity contribution in [3.8, 4) is 0 Å². The van der Waals surface area contributed by atoms with Gasteiger partial charge in [0, 0.05) is 20.7 Å². The second-order valence-corrected chi connectivity index (χ2v) is 7.17. The Morgan fingerprint density at radius 2 is 1.76 bits per heavy atom. The van der Waals surface area contributed by atoms with Crippen LogP contribution in [0.3, 0.4) is 0 Å². The van der Waals surface area contributed by atoms with E-state index in [1.54, 1.807) is 36.0 Å². The van der Waals surface area contributed by atoms with E-state index in [9.17, 15) is 4.79 Å². The van der Waals surface area contributed by atoms with Crippen LogP contribution in [-0.2, 0) is 0 Å². The van der Waals surface area contributed by atoms with Crippen molar-refractivity contribution >= 4 is 46.6 Å². The lowest BCUT2D eigenvalue weighted by Crippen LogP contribution is -2.12. The van der Waals surface area contributed by atoms with Gasteiger partial charge in [-0.3, -0.25) is 4.79 Å². The number of benzene rings is 2. The summed E-state index contributed by atoms with van der Waals surface area (Å²) in [6.07, 6.45) is 0. The summed E-state index contributed by atoms with van der Waals surface area (Å²) in [4.78, 5) is 13.2. The first kappa shape index (κ1) is 16.2. The van der Waals surface area contributed by atoms with Gasteiger partial charge in [0.1, 0.15) is 0 Å². The summed E-state index contributed by atoms with van der Waals surface area (Å²) in [7, 11) is 0. The first-order valence-electron chi connectivity index (χ1n) is 6.49. The number of amides is 1. The molecule has 0 aromatic heterocycles. The number of hydrogen-bond donors (Lipinski definition) is 1. The second kappa shape index (κ2) is 7.21. The van der Waals surface area contributed by atoms with Crippen LogP contribution in [0.5, 0.6) is 0 Å². The highest BCUT2D eigenvalue weighted by Gasteiger charge is 2.13. The van der Waals surface area contributed by atoms with E-state index in [1.807, 2.05) is 18.2 Å². The first-order valence-corrected chi connectivity index (χ1v) is 8.13. The Labute approximate surface area is 138 Å². The van der Waals surface area contributed by atoms with Gasteiger partial charge in [0.05, 0.1) is 10.7 Å². The van der Waals surface area contributed by atoms with Crippen LogP contribution in [0, 0.1) is 0 Å². The molecule has 0 fully saturated rings. The molecule has 2 aromatic carbocycles. The molecule has 21 heavy (non-hydrogen) atoms. The van der Waals surface area contributed by atoms with Gasteiger partial charge in [0.2, 0.25) is 0 Å². The Kier molecular flexibility index (Phi) is 5.57. The van der Waals surface area contributed by atoms with Crippen LogP contribution >= 0.6 is 35.0 Å². The first-order chi connectivity index (χ1) is 9.97. The minimum absolute atomic E-state index is 0.181. The van der Waals surface area contributed by atoms with Gasteiger partial charge in [0.15, 0.2) is 0 Å². The van der Waals surface area contributed by atoms with E-state index in [0.717, 1.165) is 10.6 Å². The summed E-state index contributed by atoms with van der Waals surface area (Å²) in [6.45, 7) is 4.16. The number of hydrogen-bond acceptors (Lipinski definition) is 2. The molecule has 0 unspecified atom stereocenters. The zero-order chi connectivity index (χ0) is 15.4. The third kappa shape index (κ3) is 4.40. The minimum atomic E-state index is -0.181. The van der Waals surface area contributed by atoms with Crippen molar-refractivity contribution < 1.29 is 4.79 Å². The maximum atomic E-state index is 12.3. The van der Waals surface area contributed by atoms with E-state index in [4.69, 9.17) is 23.2 Å². The van der Waals surface area contributed by atoms with Crippen molar-refractivity contribution in [3.05, 3.63) is 58.1 Å². The molecule has 1 amide bonds. The van der Waals surface area contributed by atoms with Gasteiger partial charge in [-0.05, 0) is 36.4 Å². The van der Waals surface area contributed by atoms with Crippen LogP contribution in [0.15, 0.2) is 47.4 Å². The fourth-order valence-corrected chi connectivity index (χ4v) is 3.09. The maximum absolute atomic E-state index is 12.3. The normalized spacial score (nSPS) is 10.7. The number of halogens is 2. The molecule has 0 saturated carbocycles. The molecule has 0 bridgehead atoms. The van der Waals surface area contributed by atoms with Gasteiger partial charge in [-0.25, -0.2) is 0 Å². The van der Waals surface area contributed by atoms with Crippen LogP contribution in [0.4, 0.5) is 5.69 Å². The SMILES string of the molecule is CC(C)Sc1c(Cl)cccc1NC(=O)c1ccc(Cl)cc1. The minimum Gasteiger partial charge on any atom is -0.321 e. The Bertz CT molecular complexity index is 641. The molecule has 0 saturated heterocycles. The fourth-order valence-electron chi connectivity index (χ4n) is 1.76. The van der Waals surface area contributed by atoms with Crippen molar-refractivity contribution in [2.24, 2.45) is 0 Å². The largest absolute Gasteiger partial charge is 0.321 e. The van der Waals surface area contributed by atoms with Crippen molar-refractivity contribution in [2.45, 2.75) is 24.0 Å². The summed E-state index contributed by atoms with van der Waals surface area (Å²) < 4.78 is 0. The molecule has 0 atom stereocenters. The van der Waals surface area contributed by atoms with E-state index in [1.165, 1.54) is 0 Å². The summed E-state index contributed by atoms with van der Waals surface area (Å²) in [5.74, 6) is -0.181. The lowest BCUT2D eigenvalue weighted by molar-refractivity contribution is 0.102. The molecule has 2 nitrogen and oxygen atoms in total. The van der Waals surface area contributed by atoms with E-state index in [-0.39, 0.29) is 5.91 Å². The molecule has 0 aliphatic carbocycles. The Morgan fingerprint density at radius 3 is 2.38 bits per heavy atom. The average Bonchev–Trinajstić information content (AvgIpc) is 2.43. The quantitative estimate of drug-likeness (QED) is 0.719. The van der Waals surface area contributed by atoms with Gasteiger partial charge < -0.3 is 5.32 Å². The third-order valence-electron chi connectivity index (χ3n) is 2.68. The number of thioether (sulfide) groups is 1. The fraction of sp³-hybridized carbons (Fsp3) is 0.188. The lowest BCUT2D eigenvalue weighted by Gasteiger charge is -2.14. The Morgan fingerprint density at radius 1 is 1.10 bits per heavy atom. The lowest BCUT2D eigenvalue weighted by atomic mass is 10.2. The molecule has 2 rings (SSSR count). The molecular weight excluding hydrogens is 325 g/mol. The van der Waals surface area contributed by atoms with Crippen molar-refractivity contribution in [1.82, 2.24) is 0 Å². The van der Waals surface area contributed by atoms with Gasteiger partial charge in [0.25, 0.3) is 5.91 Å². The van der Waals surface area contributed by atoms with E-state index in [2.05, 4.69) is 19.2 Å². The predicted octanol–water partition coefficient (Wildman–Crippen LogP) is 5.75. The molecule has 1 N–H and O–H groups in total. The summed E-state index contributed by atoms with van der Waals surface area (Å²) in [5, 5.41) is 4.52. The Balaban J connectivity index is 2.24. The summed E-state index contributed by atoms with van der Waals surface area (Å²) in [6, 6.07) is 12.3. The molecule has 0 spiro atoms. The number of carbonyl (C=O) groups excluding carboxylic acids is 1. The Hall–Kier alpha value is -1.16. The highest BCUT2D eigenvalue weighted by atomic mass is 35.5. The molecule has 5 heteroatoms. The summed E-state index contributed by atoms with van der Waals surface area (Å²) >= 11 is 13.7. The number of anilines is 1. The predicted molar refractivity (Wildman–Crippen MR) is 91.9 cm³/mol. The van der Waals surface area contributed by atoms with E-state index in [0.29, 0.717) is 20.9 Å². The van der Waals surface area contributed by atoms with Crippen LogP contribution < -0.4 is 5.32 Å². The molecule has 0 radical (unpaired) electrons. The molecular formula is C16H15Cl2NOS. The van der Waals surface area contributed by atoms with E-state index < -0.39 is 0 Å². The third-order valence-corrected chi connectivity index (χ3v) is 4.50. The maximum Gasteiger partial charge on any atom is 0.255 e. The molecule has 0 aliphatic rings. The van der Waals surface area contributed by atoms with Crippen LogP contribution in [0.2, 0.25) is 10.0 Å². The smallest absolute Gasteiger partial charge is 0.255 e. The van der Waals surface area contributed by atoms with Crippen LogP contribution in [-0.4, -0.2) is 11.2 Å². The van der Waals surface area contributed by atoms with Crippen LogP contribution in [0.1, 0.15) is 24.2 Å². The highest BCUT2D eigenvalue weighted by molar-refractivity contribution is 8.00. The average molecular weight is 340 g/mol. The zero-order valence-electron chi connectivity index (χ0n) is 11.7. The number of nitrogens with one attached hydrogen (secondary N) is 1. The topological polar surface area (TPSA) is 29.1 Å². The van der Waals surface area contributed by atoms with Crippen LogP contribution in [0.25, 0.3) is 0 Å². The molecule has 2 aromatic rings. The monoisotopic (exact) mass is 339 g/mol. The van der Waals surface area contributed by atoms with Gasteiger partial charge in [-0.15, -0.1) is 11.8 Å². The van der Waals surface area contributed by atoms with Gasteiger partial charge >= 0.3 is 0 Å². The summed E-state index contributed by atoms with van der Waals surface area (Å²) in [5.41, 5.74) is 1.28. The van der Waals surface area contributed by atoms with E-state index >= 15 is 0 Å². The second-order valence-electron chi connectivity index (χ2n) is 4.74. The van der Waals surface area contributed by atoms with Crippen molar-refractivity contribution in [1.29, 1.82) is 0 Å². The zero-order valence-corrected chi connectivity index (χ0v) is 14.0. The van der Waals surface area contributed by atoms with Gasteiger partial charge in [-0.2, -0.15) is 0 Å². The molecule has 0 heterocycles. The molecule has 0 aliphatic heterocycles. The highest BCUT2D eigenvalue weighted by Crippen LogP contribution is 2.36. The number of carbonyl (C=O) groups is 1. The van der Waals surface area contributed by atoms with Gasteiger partial charge in [-0.1, -0.05) is 43.1 Å². The number of rotatable bonds is 4. The standard InChI is InChI=1S/C16H15Cl2NOS/c1-10(2)21-15-13(18)4-3-5-14(15)19-16(20)11-6-8-12(17)9-7-11/h3-10H,1-2H3,(H,19,20). The molecule has 110 valence electrons.